The molecule has 0 bridgehead atoms. The molecule has 0 radical (unpaired) electrons. The Labute approximate surface area is 105 Å². The first-order chi connectivity index (χ1) is 7.58. The number of methoxy groups -OCH3 is 1. The molecule has 0 spiro atoms. The van der Waals surface area contributed by atoms with Crippen molar-refractivity contribution in [1.82, 2.24) is 4.98 Å². The third kappa shape index (κ3) is 3.60. The highest BCUT2D eigenvalue weighted by atomic mass is 35.5. The fraction of sp³-hybridized carbons (Fsp3) is 0.500. The number of hydrogen-bond donors (Lipinski definition) is 2. The van der Waals surface area contributed by atoms with E-state index in [0.29, 0.717) is 10.1 Å². The number of esters is 1. The first kappa shape index (κ1) is 13.7. The zero-order chi connectivity index (χ0) is 12.1. The minimum absolute atomic E-state index is 0.0952. The van der Waals surface area contributed by atoms with Gasteiger partial charge in [0, 0.05) is 5.75 Å². The number of aliphatic hydroxyl groups is 2. The topological polar surface area (TPSA) is 79.7 Å². The number of halogens is 1. The van der Waals surface area contributed by atoms with Gasteiger partial charge in [0.05, 0.1) is 19.8 Å². The lowest BCUT2D eigenvalue weighted by atomic mass is 10.4. The highest BCUT2D eigenvalue weighted by Gasteiger charge is 2.17. The molecule has 90 valence electrons. The van der Waals surface area contributed by atoms with E-state index in [4.69, 9.17) is 21.8 Å². The van der Waals surface area contributed by atoms with E-state index in [2.05, 4.69) is 9.72 Å². The molecule has 1 heterocycles. The number of hydrogen-bond acceptors (Lipinski definition) is 7. The van der Waals surface area contributed by atoms with Crippen molar-refractivity contribution in [3.63, 3.8) is 0 Å². The van der Waals surface area contributed by atoms with Crippen molar-refractivity contribution in [3.05, 3.63) is 10.0 Å². The van der Waals surface area contributed by atoms with Crippen LogP contribution in [0.5, 0.6) is 0 Å². The second kappa shape index (κ2) is 6.41. The van der Waals surface area contributed by atoms with E-state index in [1.165, 1.54) is 18.9 Å². The summed E-state index contributed by atoms with van der Waals surface area (Å²) in [6.45, 7) is -0.310. The van der Waals surface area contributed by atoms with Crippen molar-refractivity contribution in [2.24, 2.45) is 0 Å². The number of rotatable bonds is 5. The molecule has 0 saturated carbocycles. The summed E-state index contributed by atoms with van der Waals surface area (Å²) in [7, 11) is 1.26. The Morgan fingerprint density at radius 1 is 1.75 bits per heavy atom. The number of thioether (sulfide) groups is 1. The highest BCUT2D eigenvalue weighted by Crippen LogP contribution is 2.30. The highest BCUT2D eigenvalue weighted by molar-refractivity contribution is 8.01. The van der Waals surface area contributed by atoms with E-state index in [9.17, 15) is 4.79 Å². The Kier molecular flexibility index (Phi) is 5.50. The molecule has 16 heavy (non-hydrogen) atoms. The molecule has 1 rings (SSSR count). The Bertz CT molecular complexity index is 371. The molecule has 0 aliphatic carbocycles. The SMILES string of the molecule is COC(=O)c1sc(SCC(O)CO)nc1Cl. The van der Waals surface area contributed by atoms with Crippen LogP contribution in [0.15, 0.2) is 4.34 Å². The molecule has 0 saturated heterocycles. The number of ether oxygens (including phenoxy) is 1. The van der Waals surface area contributed by atoms with Gasteiger partial charge in [0.25, 0.3) is 0 Å². The van der Waals surface area contributed by atoms with Gasteiger partial charge >= 0.3 is 5.97 Å². The van der Waals surface area contributed by atoms with Crippen molar-refractivity contribution >= 4 is 40.7 Å². The van der Waals surface area contributed by atoms with Gasteiger partial charge < -0.3 is 14.9 Å². The van der Waals surface area contributed by atoms with Crippen LogP contribution >= 0.6 is 34.7 Å². The molecule has 0 amide bonds. The summed E-state index contributed by atoms with van der Waals surface area (Å²) >= 11 is 8.06. The lowest BCUT2D eigenvalue weighted by Crippen LogP contribution is -2.14. The van der Waals surface area contributed by atoms with Gasteiger partial charge in [-0.3, -0.25) is 0 Å². The monoisotopic (exact) mass is 283 g/mol. The maximum Gasteiger partial charge on any atom is 0.351 e. The molecular formula is C8H10ClNO4S2. The maximum atomic E-state index is 11.2. The van der Waals surface area contributed by atoms with Crippen molar-refractivity contribution < 1.29 is 19.7 Å². The number of thiazole rings is 1. The minimum Gasteiger partial charge on any atom is -0.465 e. The average Bonchev–Trinajstić information content (AvgIpc) is 2.66. The third-order valence-electron chi connectivity index (χ3n) is 1.55. The van der Waals surface area contributed by atoms with Crippen LogP contribution in [0.2, 0.25) is 5.15 Å². The number of carbonyl (C=O) groups excluding carboxylic acids is 1. The lowest BCUT2D eigenvalue weighted by molar-refractivity contribution is 0.0606. The first-order valence-electron chi connectivity index (χ1n) is 4.24. The van der Waals surface area contributed by atoms with E-state index in [1.807, 2.05) is 0 Å². The van der Waals surface area contributed by atoms with Gasteiger partial charge in [-0.05, 0) is 0 Å². The van der Waals surface area contributed by atoms with Crippen LogP contribution in [0.25, 0.3) is 0 Å². The molecule has 0 fully saturated rings. The second-order valence-electron chi connectivity index (χ2n) is 2.74. The van der Waals surface area contributed by atoms with Crippen LogP contribution in [0.1, 0.15) is 9.67 Å². The van der Waals surface area contributed by atoms with E-state index < -0.39 is 12.1 Å². The fourth-order valence-electron chi connectivity index (χ4n) is 0.784. The number of aromatic nitrogens is 1. The van der Waals surface area contributed by atoms with Crippen LogP contribution < -0.4 is 0 Å². The van der Waals surface area contributed by atoms with Gasteiger partial charge in [-0.15, -0.1) is 0 Å². The summed E-state index contributed by atoms with van der Waals surface area (Å²) in [5.74, 6) is -0.238. The van der Waals surface area contributed by atoms with Crippen molar-refractivity contribution in [1.29, 1.82) is 0 Å². The molecule has 1 aromatic heterocycles. The largest absolute Gasteiger partial charge is 0.465 e. The minimum atomic E-state index is -0.811. The number of nitrogens with zero attached hydrogens (tertiary/aromatic N) is 1. The predicted octanol–water partition coefficient (Wildman–Crippen LogP) is 1.03. The molecular weight excluding hydrogens is 274 g/mol. The molecule has 0 aliphatic heterocycles. The predicted molar refractivity (Wildman–Crippen MR) is 62.3 cm³/mol. The normalized spacial score (nSPS) is 12.5. The van der Waals surface area contributed by atoms with Crippen LogP contribution in [-0.4, -0.2) is 46.7 Å². The van der Waals surface area contributed by atoms with Crippen molar-refractivity contribution in [3.8, 4) is 0 Å². The van der Waals surface area contributed by atoms with E-state index >= 15 is 0 Å². The number of carbonyl (C=O) groups is 1. The average molecular weight is 284 g/mol. The zero-order valence-corrected chi connectivity index (χ0v) is 10.7. The van der Waals surface area contributed by atoms with Crippen molar-refractivity contribution in [2.75, 3.05) is 19.5 Å². The molecule has 1 unspecified atom stereocenters. The summed E-state index contributed by atoms with van der Waals surface area (Å²) < 4.78 is 5.08. The van der Waals surface area contributed by atoms with Gasteiger partial charge in [-0.2, -0.15) is 0 Å². The lowest BCUT2D eigenvalue weighted by Gasteiger charge is -2.03. The molecule has 2 N–H and O–H groups in total. The van der Waals surface area contributed by atoms with Gasteiger partial charge in [0.2, 0.25) is 0 Å². The van der Waals surface area contributed by atoms with Gasteiger partial charge in [0.1, 0.15) is 0 Å². The second-order valence-corrected chi connectivity index (χ2v) is 5.36. The summed E-state index contributed by atoms with van der Waals surface area (Å²) in [6, 6.07) is 0. The van der Waals surface area contributed by atoms with Gasteiger partial charge in [-0.1, -0.05) is 34.7 Å². The molecule has 8 heteroatoms. The van der Waals surface area contributed by atoms with Gasteiger partial charge in [0.15, 0.2) is 14.4 Å². The summed E-state index contributed by atoms with van der Waals surface area (Å²) in [5.41, 5.74) is 0. The summed E-state index contributed by atoms with van der Waals surface area (Å²) in [4.78, 5) is 15.4. The fourth-order valence-corrected chi connectivity index (χ4v) is 3.06. The molecule has 0 aliphatic rings. The first-order valence-corrected chi connectivity index (χ1v) is 6.42. The van der Waals surface area contributed by atoms with Crippen molar-refractivity contribution in [2.45, 2.75) is 10.4 Å². The molecule has 1 atom stereocenters. The van der Waals surface area contributed by atoms with Crippen LogP contribution in [-0.2, 0) is 4.74 Å². The third-order valence-corrected chi connectivity index (χ3v) is 4.26. The summed E-state index contributed by atoms with van der Waals surface area (Å²) in [6.07, 6.45) is -0.811. The van der Waals surface area contributed by atoms with Crippen LogP contribution in [0.4, 0.5) is 0 Å². The Balaban J connectivity index is 2.66. The molecule has 5 nitrogen and oxygen atoms in total. The van der Waals surface area contributed by atoms with E-state index in [1.54, 1.807) is 0 Å². The van der Waals surface area contributed by atoms with E-state index in [0.717, 1.165) is 11.3 Å². The zero-order valence-electron chi connectivity index (χ0n) is 8.34. The van der Waals surface area contributed by atoms with Crippen LogP contribution in [0, 0.1) is 0 Å². The standard InChI is InChI=1S/C8H10ClNO4S2/c1-14-7(13)5-6(9)10-8(16-5)15-3-4(12)2-11/h4,11-12H,2-3H2,1H3. The Hall–Kier alpha value is -0.340. The van der Waals surface area contributed by atoms with Gasteiger partial charge in [-0.25, -0.2) is 9.78 Å². The summed E-state index contributed by atoms with van der Waals surface area (Å²) in [5, 5.41) is 17.8. The number of aliphatic hydroxyl groups excluding tert-OH is 2. The van der Waals surface area contributed by atoms with Crippen LogP contribution in [0.3, 0.4) is 0 Å². The Morgan fingerprint density at radius 3 is 3.00 bits per heavy atom. The van der Waals surface area contributed by atoms with E-state index in [-0.39, 0.29) is 16.6 Å². The molecule has 1 aromatic rings. The quantitative estimate of drug-likeness (QED) is 0.621. The maximum absolute atomic E-state index is 11.2. The smallest absolute Gasteiger partial charge is 0.351 e. The Morgan fingerprint density at radius 2 is 2.44 bits per heavy atom. The molecule has 0 aromatic carbocycles.